The summed E-state index contributed by atoms with van der Waals surface area (Å²) >= 11 is 0. The first-order valence-corrected chi connectivity index (χ1v) is 8.78. The zero-order valence-corrected chi connectivity index (χ0v) is 15.8. The van der Waals surface area contributed by atoms with E-state index in [0.717, 1.165) is 13.1 Å². The Kier molecular flexibility index (Phi) is 6.74. The zero-order chi connectivity index (χ0) is 19.3. The molecular formula is C19H27N2O5+. The predicted molar refractivity (Wildman–Crippen MR) is 96.3 cm³/mol. The highest BCUT2D eigenvalue weighted by Crippen LogP contribution is 2.20. The highest BCUT2D eigenvalue weighted by atomic mass is 16.5. The Morgan fingerprint density at radius 2 is 1.69 bits per heavy atom. The number of piperidine rings is 1. The molecule has 0 radical (unpaired) electrons. The number of anilines is 1. The third-order valence-electron chi connectivity index (χ3n) is 4.61. The van der Waals surface area contributed by atoms with Gasteiger partial charge in [-0.2, -0.15) is 0 Å². The van der Waals surface area contributed by atoms with E-state index in [1.807, 2.05) is 0 Å². The number of rotatable bonds is 5. The molecule has 1 aromatic rings. The van der Waals surface area contributed by atoms with Gasteiger partial charge in [-0.15, -0.1) is 0 Å². The monoisotopic (exact) mass is 363 g/mol. The van der Waals surface area contributed by atoms with Crippen LogP contribution in [0.25, 0.3) is 0 Å². The van der Waals surface area contributed by atoms with Crippen LogP contribution in [0.3, 0.4) is 0 Å². The molecule has 1 fully saturated rings. The van der Waals surface area contributed by atoms with Gasteiger partial charge in [0.05, 0.1) is 44.1 Å². The van der Waals surface area contributed by atoms with Crippen molar-refractivity contribution in [1.82, 2.24) is 0 Å². The van der Waals surface area contributed by atoms with Crippen molar-refractivity contribution in [2.24, 2.45) is 11.8 Å². The van der Waals surface area contributed by atoms with Gasteiger partial charge in [0, 0.05) is 11.8 Å². The number of methoxy groups -OCH3 is 2. The standard InChI is InChI=1S/C19H26N2O5/c1-12-7-13(2)10-21(9-12)11-17(22)20-16-8-14(18(23)25-3)5-6-15(16)19(24)26-4/h5-6,8,12-13H,7,9-11H2,1-4H3,(H,20,22)/p+1/t12-,13+. The molecule has 1 heterocycles. The minimum absolute atomic E-state index is 0.198. The van der Waals surface area contributed by atoms with E-state index in [-0.39, 0.29) is 22.7 Å². The van der Waals surface area contributed by atoms with E-state index in [9.17, 15) is 14.4 Å². The maximum absolute atomic E-state index is 12.5. The second-order valence-corrected chi connectivity index (χ2v) is 7.07. The van der Waals surface area contributed by atoms with Gasteiger partial charge in [-0.05, 0) is 24.6 Å². The first kappa shape index (κ1) is 19.9. The summed E-state index contributed by atoms with van der Waals surface area (Å²) in [7, 11) is 2.54. The van der Waals surface area contributed by atoms with Crippen molar-refractivity contribution < 1.29 is 28.8 Å². The summed E-state index contributed by atoms with van der Waals surface area (Å²) < 4.78 is 9.45. The Labute approximate surface area is 153 Å². The van der Waals surface area contributed by atoms with E-state index in [1.165, 1.54) is 43.7 Å². The van der Waals surface area contributed by atoms with Crippen molar-refractivity contribution in [3.63, 3.8) is 0 Å². The Bertz CT molecular complexity index is 679. The van der Waals surface area contributed by atoms with Crippen LogP contribution in [0.5, 0.6) is 0 Å². The molecule has 1 aliphatic rings. The second-order valence-electron chi connectivity index (χ2n) is 7.07. The lowest BCUT2D eigenvalue weighted by atomic mass is 9.92. The maximum atomic E-state index is 12.5. The van der Waals surface area contributed by atoms with Crippen LogP contribution in [0.2, 0.25) is 0 Å². The normalized spacial score (nSPS) is 22.4. The fourth-order valence-electron chi connectivity index (χ4n) is 3.67. The van der Waals surface area contributed by atoms with E-state index < -0.39 is 11.9 Å². The molecule has 1 amide bonds. The average Bonchev–Trinajstić information content (AvgIpc) is 2.59. The number of amides is 1. The molecular weight excluding hydrogens is 336 g/mol. The first-order chi connectivity index (χ1) is 12.3. The van der Waals surface area contributed by atoms with Gasteiger partial charge in [-0.25, -0.2) is 9.59 Å². The topological polar surface area (TPSA) is 86.1 Å². The molecule has 3 atom stereocenters. The van der Waals surface area contributed by atoms with Crippen LogP contribution in [0.15, 0.2) is 18.2 Å². The molecule has 1 saturated heterocycles. The van der Waals surface area contributed by atoms with Crippen LogP contribution in [-0.2, 0) is 14.3 Å². The van der Waals surface area contributed by atoms with Crippen molar-refractivity contribution in [2.45, 2.75) is 20.3 Å². The SMILES string of the molecule is COC(=O)c1ccc(C(=O)OC)c(NC(=O)C[NH+]2C[C@H](C)C[C@H](C)C2)c1. The fourth-order valence-corrected chi connectivity index (χ4v) is 3.67. The number of benzene rings is 1. The number of hydrogen-bond acceptors (Lipinski definition) is 5. The molecule has 0 aromatic heterocycles. The fraction of sp³-hybridized carbons (Fsp3) is 0.526. The molecule has 7 heteroatoms. The maximum Gasteiger partial charge on any atom is 0.339 e. The van der Waals surface area contributed by atoms with Crippen molar-refractivity contribution in [2.75, 3.05) is 39.2 Å². The van der Waals surface area contributed by atoms with E-state index in [0.29, 0.717) is 18.4 Å². The predicted octanol–water partition coefficient (Wildman–Crippen LogP) is 0.759. The largest absolute Gasteiger partial charge is 0.465 e. The van der Waals surface area contributed by atoms with Gasteiger partial charge >= 0.3 is 11.9 Å². The number of hydrogen-bond donors (Lipinski definition) is 2. The molecule has 0 saturated carbocycles. The van der Waals surface area contributed by atoms with E-state index in [4.69, 9.17) is 9.47 Å². The Morgan fingerprint density at radius 1 is 1.08 bits per heavy atom. The first-order valence-electron chi connectivity index (χ1n) is 8.78. The number of esters is 2. The van der Waals surface area contributed by atoms with Gasteiger partial charge in [-0.3, -0.25) is 4.79 Å². The quantitative estimate of drug-likeness (QED) is 0.755. The summed E-state index contributed by atoms with van der Waals surface area (Å²) in [6, 6.07) is 4.35. The van der Waals surface area contributed by atoms with Gasteiger partial charge in [0.1, 0.15) is 0 Å². The van der Waals surface area contributed by atoms with Crippen molar-refractivity contribution in [1.29, 1.82) is 0 Å². The van der Waals surface area contributed by atoms with E-state index in [1.54, 1.807) is 0 Å². The number of carbonyl (C=O) groups excluding carboxylic acids is 3. The van der Waals surface area contributed by atoms with Crippen LogP contribution >= 0.6 is 0 Å². The third kappa shape index (κ3) is 5.05. The van der Waals surface area contributed by atoms with Crippen LogP contribution in [0, 0.1) is 11.8 Å². The van der Waals surface area contributed by atoms with E-state index in [2.05, 4.69) is 19.2 Å². The lowest BCUT2D eigenvalue weighted by Gasteiger charge is -2.31. The molecule has 0 bridgehead atoms. The second kappa shape index (κ2) is 8.80. The lowest BCUT2D eigenvalue weighted by Crippen LogP contribution is -3.15. The highest BCUT2D eigenvalue weighted by molar-refractivity contribution is 6.03. The minimum Gasteiger partial charge on any atom is -0.465 e. The summed E-state index contributed by atoms with van der Waals surface area (Å²) in [5.41, 5.74) is 0.703. The Morgan fingerprint density at radius 3 is 2.27 bits per heavy atom. The number of carbonyl (C=O) groups is 3. The zero-order valence-electron chi connectivity index (χ0n) is 15.8. The summed E-state index contributed by atoms with van der Waals surface area (Å²) in [4.78, 5) is 37.4. The molecule has 2 N–H and O–H groups in total. The van der Waals surface area contributed by atoms with Gasteiger partial charge in [0.25, 0.3) is 5.91 Å². The van der Waals surface area contributed by atoms with Crippen molar-refractivity contribution in [3.05, 3.63) is 29.3 Å². The van der Waals surface area contributed by atoms with Gasteiger partial charge in [0.2, 0.25) is 0 Å². The van der Waals surface area contributed by atoms with Crippen LogP contribution < -0.4 is 10.2 Å². The molecule has 1 aromatic carbocycles. The average molecular weight is 363 g/mol. The summed E-state index contributed by atoms with van der Waals surface area (Å²) in [6.45, 7) is 6.61. The summed E-state index contributed by atoms with van der Waals surface area (Å²) in [5.74, 6) is -0.163. The number of likely N-dealkylation sites (tertiary alicyclic amines) is 1. The van der Waals surface area contributed by atoms with Crippen LogP contribution in [0.4, 0.5) is 5.69 Å². The molecule has 1 aliphatic heterocycles. The van der Waals surface area contributed by atoms with Gasteiger partial charge in [0.15, 0.2) is 6.54 Å². The smallest absolute Gasteiger partial charge is 0.339 e. The molecule has 142 valence electrons. The van der Waals surface area contributed by atoms with Crippen LogP contribution in [-0.4, -0.2) is 51.7 Å². The Hall–Kier alpha value is -2.41. The highest BCUT2D eigenvalue weighted by Gasteiger charge is 2.27. The van der Waals surface area contributed by atoms with E-state index >= 15 is 0 Å². The van der Waals surface area contributed by atoms with Crippen LogP contribution in [0.1, 0.15) is 41.0 Å². The molecule has 0 spiro atoms. The Balaban J connectivity index is 2.16. The minimum atomic E-state index is -0.579. The van der Waals surface area contributed by atoms with Crippen molar-refractivity contribution >= 4 is 23.5 Å². The molecule has 0 aliphatic carbocycles. The van der Waals surface area contributed by atoms with Crippen molar-refractivity contribution in [3.8, 4) is 0 Å². The number of nitrogens with one attached hydrogen (secondary N) is 2. The molecule has 1 unspecified atom stereocenters. The number of quaternary nitrogens is 1. The lowest BCUT2D eigenvalue weighted by molar-refractivity contribution is -0.904. The number of ether oxygens (including phenoxy) is 2. The molecule has 7 nitrogen and oxygen atoms in total. The molecule has 2 rings (SSSR count). The van der Waals surface area contributed by atoms with Gasteiger partial charge < -0.3 is 19.7 Å². The molecule has 26 heavy (non-hydrogen) atoms. The summed E-state index contributed by atoms with van der Waals surface area (Å²) in [5, 5.41) is 2.75. The third-order valence-corrected chi connectivity index (χ3v) is 4.61. The summed E-state index contributed by atoms with van der Waals surface area (Å²) in [6.07, 6.45) is 1.18. The van der Waals surface area contributed by atoms with Gasteiger partial charge in [-0.1, -0.05) is 13.8 Å².